The van der Waals surface area contributed by atoms with Crippen LogP contribution >= 0.6 is 11.6 Å². The topological polar surface area (TPSA) is 49.9 Å². The number of esters is 1. The summed E-state index contributed by atoms with van der Waals surface area (Å²) in [4.78, 5) is 27.9. The van der Waals surface area contributed by atoms with Crippen LogP contribution in [0.15, 0.2) is 18.2 Å². The number of hydrogen-bond acceptors (Lipinski definition) is 4. The minimum atomic E-state index is -0.349. The Morgan fingerprint density at radius 3 is 2.64 bits per heavy atom. The minimum Gasteiger partial charge on any atom is -0.423 e. The van der Waals surface area contributed by atoms with Crippen LogP contribution in [0.3, 0.4) is 0 Å². The molecule has 3 rings (SSSR count). The number of likely N-dealkylation sites (tertiary alicyclic amines) is 1. The summed E-state index contributed by atoms with van der Waals surface area (Å²) in [5, 5.41) is 0.559. The molecule has 1 amide bonds. The van der Waals surface area contributed by atoms with E-state index in [9.17, 15) is 9.59 Å². The third-order valence-corrected chi connectivity index (χ3v) is 4.33. The normalized spacial score (nSPS) is 18.5. The number of carbonyl (C=O) groups is 2. The molecule has 1 aromatic rings. The van der Waals surface area contributed by atoms with Gasteiger partial charge < -0.3 is 14.5 Å². The van der Waals surface area contributed by atoms with Gasteiger partial charge in [0.25, 0.3) is 0 Å². The standard InChI is InChI=1S/C16H19ClN2O3/c17-12-5-6-14-13(9-12)19(11-16(21)22-14)10-15(20)18-7-3-1-2-4-8-18/h5-6,9H,1-4,7-8,10-11H2. The van der Waals surface area contributed by atoms with Crippen LogP contribution in [0.1, 0.15) is 25.7 Å². The van der Waals surface area contributed by atoms with Gasteiger partial charge in [-0.15, -0.1) is 0 Å². The summed E-state index contributed by atoms with van der Waals surface area (Å²) >= 11 is 6.02. The molecule has 6 heteroatoms. The van der Waals surface area contributed by atoms with E-state index in [2.05, 4.69) is 0 Å². The molecule has 0 aromatic heterocycles. The molecule has 0 atom stereocenters. The van der Waals surface area contributed by atoms with Gasteiger partial charge in [0.05, 0.1) is 12.2 Å². The first-order chi connectivity index (χ1) is 10.6. The fraction of sp³-hybridized carbons (Fsp3) is 0.500. The van der Waals surface area contributed by atoms with Crippen molar-refractivity contribution >= 4 is 29.2 Å². The molecule has 5 nitrogen and oxygen atoms in total. The summed E-state index contributed by atoms with van der Waals surface area (Å²) in [6.45, 7) is 1.87. The van der Waals surface area contributed by atoms with E-state index in [1.54, 1.807) is 23.1 Å². The van der Waals surface area contributed by atoms with Gasteiger partial charge in [-0.05, 0) is 31.0 Å². The van der Waals surface area contributed by atoms with Crippen LogP contribution in [0.4, 0.5) is 5.69 Å². The Kier molecular flexibility index (Phi) is 4.52. The minimum absolute atomic E-state index is 0.0579. The molecule has 0 N–H and O–H groups in total. The molecule has 1 fully saturated rings. The molecule has 0 radical (unpaired) electrons. The molecule has 0 unspecified atom stereocenters. The van der Waals surface area contributed by atoms with Crippen molar-refractivity contribution in [2.45, 2.75) is 25.7 Å². The van der Waals surface area contributed by atoms with Crippen LogP contribution in [0.2, 0.25) is 5.02 Å². The smallest absolute Gasteiger partial charge is 0.331 e. The molecule has 0 bridgehead atoms. The van der Waals surface area contributed by atoms with Gasteiger partial charge in [-0.3, -0.25) is 4.79 Å². The Morgan fingerprint density at radius 1 is 1.18 bits per heavy atom. The Bertz CT molecular complexity index is 583. The van der Waals surface area contributed by atoms with Gasteiger partial charge in [0.1, 0.15) is 6.54 Å². The van der Waals surface area contributed by atoms with Gasteiger partial charge in [-0.1, -0.05) is 24.4 Å². The van der Waals surface area contributed by atoms with E-state index in [1.165, 1.54) is 12.8 Å². The quantitative estimate of drug-likeness (QED) is 0.620. The van der Waals surface area contributed by atoms with Gasteiger partial charge >= 0.3 is 5.97 Å². The second-order valence-corrected chi connectivity index (χ2v) is 6.17. The maximum Gasteiger partial charge on any atom is 0.331 e. The van der Waals surface area contributed by atoms with Gasteiger partial charge in [0.2, 0.25) is 5.91 Å². The number of halogens is 1. The number of benzene rings is 1. The van der Waals surface area contributed by atoms with Crippen molar-refractivity contribution in [2.24, 2.45) is 0 Å². The van der Waals surface area contributed by atoms with Gasteiger partial charge in [0.15, 0.2) is 5.75 Å². The molecule has 22 heavy (non-hydrogen) atoms. The summed E-state index contributed by atoms with van der Waals surface area (Å²) in [5.74, 6) is 0.172. The van der Waals surface area contributed by atoms with Crippen molar-refractivity contribution in [3.8, 4) is 5.75 Å². The van der Waals surface area contributed by atoms with Crippen LogP contribution in [0.25, 0.3) is 0 Å². The third-order valence-electron chi connectivity index (χ3n) is 4.09. The molecule has 0 spiro atoms. The SMILES string of the molecule is O=C1CN(CC(=O)N2CCCCCC2)c2cc(Cl)ccc2O1. The summed E-state index contributed by atoms with van der Waals surface area (Å²) in [5.41, 5.74) is 0.704. The molecule has 0 aliphatic carbocycles. The van der Waals surface area contributed by atoms with E-state index in [-0.39, 0.29) is 25.0 Å². The highest BCUT2D eigenvalue weighted by Gasteiger charge is 2.27. The first kappa shape index (κ1) is 15.2. The molecule has 2 aliphatic rings. The van der Waals surface area contributed by atoms with Crippen LogP contribution in [0.5, 0.6) is 5.75 Å². The van der Waals surface area contributed by atoms with E-state index in [1.807, 2.05) is 4.90 Å². The first-order valence-electron chi connectivity index (χ1n) is 7.66. The average molecular weight is 323 g/mol. The summed E-state index contributed by atoms with van der Waals surface area (Å²) in [6, 6.07) is 5.07. The van der Waals surface area contributed by atoms with E-state index in [0.29, 0.717) is 16.5 Å². The summed E-state index contributed by atoms with van der Waals surface area (Å²) < 4.78 is 5.20. The number of fused-ring (bicyclic) bond motifs is 1. The number of anilines is 1. The molecule has 0 saturated carbocycles. The van der Waals surface area contributed by atoms with Crippen molar-refractivity contribution < 1.29 is 14.3 Å². The molecule has 2 aliphatic heterocycles. The predicted octanol–water partition coefficient (Wildman–Crippen LogP) is 2.47. The Labute approximate surface area is 134 Å². The van der Waals surface area contributed by atoms with Crippen molar-refractivity contribution in [3.63, 3.8) is 0 Å². The summed E-state index contributed by atoms with van der Waals surface area (Å²) in [7, 11) is 0. The third kappa shape index (κ3) is 3.35. The molecule has 118 valence electrons. The molecular formula is C16H19ClN2O3. The molecular weight excluding hydrogens is 304 g/mol. The lowest BCUT2D eigenvalue weighted by Crippen LogP contribution is -2.45. The highest BCUT2D eigenvalue weighted by atomic mass is 35.5. The Balaban J connectivity index is 1.75. The van der Waals surface area contributed by atoms with E-state index in [4.69, 9.17) is 16.3 Å². The van der Waals surface area contributed by atoms with Crippen LogP contribution in [0, 0.1) is 0 Å². The lowest BCUT2D eigenvalue weighted by atomic mass is 10.2. The summed E-state index contributed by atoms with van der Waals surface area (Å²) in [6.07, 6.45) is 4.46. The van der Waals surface area contributed by atoms with E-state index in [0.717, 1.165) is 25.9 Å². The number of rotatable bonds is 2. The maximum atomic E-state index is 12.5. The van der Waals surface area contributed by atoms with Gasteiger partial charge in [-0.25, -0.2) is 4.79 Å². The number of carbonyl (C=O) groups excluding carboxylic acids is 2. The second-order valence-electron chi connectivity index (χ2n) is 5.74. The number of ether oxygens (including phenoxy) is 1. The number of amides is 1. The number of nitrogens with zero attached hydrogens (tertiary/aromatic N) is 2. The Hall–Kier alpha value is -1.75. The molecule has 1 aromatic carbocycles. The van der Waals surface area contributed by atoms with Gasteiger partial charge in [-0.2, -0.15) is 0 Å². The second kappa shape index (κ2) is 6.57. The maximum absolute atomic E-state index is 12.5. The molecule has 2 heterocycles. The Morgan fingerprint density at radius 2 is 1.91 bits per heavy atom. The monoisotopic (exact) mass is 322 g/mol. The fourth-order valence-electron chi connectivity index (χ4n) is 2.94. The van der Waals surface area contributed by atoms with Crippen LogP contribution < -0.4 is 9.64 Å². The average Bonchev–Trinajstić information content (AvgIpc) is 2.77. The fourth-order valence-corrected chi connectivity index (χ4v) is 3.11. The van der Waals surface area contributed by atoms with Crippen LogP contribution in [-0.2, 0) is 9.59 Å². The van der Waals surface area contributed by atoms with Crippen molar-refractivity contribution in [2.75, 3.05) is 31.1 Å². The highest BCUT2D eigenvalue weighted by Crippen LogP contribution is 2.34. The van der Waals surface area contributed by atoms with Crippen LogP contribution in [-0.4, -0.2) is 43.0 Å². The van der Waals surface area contributed by atoms with Gasteiger partial charge in [0, 0.05) is 18.1 Å². The first-order valence-corrected chi connectivity index (χ1v) is 8.04. The van der Waals surface area contributed by atoms with E-state index < -0.39 is 0 Å². The lowest BCUT2D eigenvalue weighted by molar-refractivity contribution is -0.133. The van der Waals surface area contributed by atoms with Crippen molar-refractivity contribution in [3.05, 3.63) is 23.2 Å². The van der Waals surface area contributed by atoms with Crippen molar-refractivity contribution in [1.82, 2.24) is 4.90 Å². The zero-order chi connectivity index (χ0) is 15.5. The highest BCUT2D eigenvalue weighted by molar-refractivity contribution is 6.31. The largest absolute Gasteiger partial charge is 0.423 e. The number of hydrogen-bond donors (Lipinski definition) is 0. The zero-order valence-corrected chi connectivity index (χ0v) is 13.1. The lowest BCUT2D eigenvalue weighted by Gasteiger charge is -2.31. The van der Waals surface area contributed by atoms with E-state index >= 15 is 0 Å². The van der Waals surface area contributed by atoms with Crippen molar-refractivity contribution in [1.29, 1.82) is 0 Å². The zero-order valence-electron chi connectivity index (χ0n) is 12.4. The molecule has 1 saturated heterocycles. The predicted molar refractivity (Wildman–Crippen MR) is 84.3 cm³/mol.